The van der Waals surface area contributed by atoms with Crippen LogP contribution in [0.15, 0.2) is 18.3 Å². The molecule has 0 fully saturated rings. The molecule has 0 aliphatic rings. The molecule has 1 rings (SSSR count). The van der Waals surface area contributed by atoms with Crippen LogP contribution in [0.4, 0.5) is 13.2 Å². The van der Waals surface area contributed by atoms with Crippen molar-refractivity contribution in [1.29, 1.82) is 0 Å². The quantitative estimate of drug-likeness (QED) is 0.691. The number of pyridine rings is 1. The van der Waals surface area contributed by atoms with Crippen LogP contribution in [-0.2, 0) is 0 Å². The van der Waals surface area contributed by atoms with E-state index in [1.807, 2.05) is 0 Å². The Labute approximate surface area is 70.9 Å². The molecule has 1 heterocycles. The van der Waals surface area contributed by atoms with Crippen LogP contribution in [0.3, 0.4) is 0 Å². The first kappa shape index (κ1) is 9.12. The van der Waals surface area contributed by atoms with E-state index in [1.54, 1.807) is 0 Å². The van der Waals surface area contributed by atoms with Crippen molar-refractivity contribution >= 4 is 11.6 Å². The third-order valence-corrected chi connectivity index (χ3v) is 1.15. The lowest BCUT2D eigenvalue weighted by Crippen LogP contribution is -2.17. The second kappa shape index (κ2) is 3.18. The molecule has 6 heteroatoms. The predicted octanol–water partition coefficient (Wildman–Crippen LogP) is 2.63. The highest BCUT2D eigenvalue weighted by Gasteiger charge is 2.31. The number of alkyl halides is 3. The normalized spacial score (nSPS) is 11.3. The van der Waals surface area contributed by atoms with Gasteiger partial charge in [0.25, 0.3) is 0 Å². The summed E-state index contributed by atoms with van der Waals surface area (Å²) < 4.78 is 38.2. The molecule has 0 atom stereocenters. The minimum atomic E-state index is -4.72. The van der Waals surface area contributed by atoms with Crippen LogP contribution in [0.25, 0.3) is 0 Å². The van der Waals surface area contributed by atoms with Crippen LogP contribution in [0.1, 0.15) is 0 Å². The fourth-order valence-corrected chi connectivity index (χ4v) is 0.709. The zero-order valence-corrected chi connectivity index (χ0v) is 6.36. The standard InChI is InChI=1S/C6H3ClF3NO/c7-4-1-2-11-5(3-4)12-6(8,9)10/h1-3H. The molecule has 0 saturated heterocycles. The van der Waals surface area contributed by atoms with Crippen LogP contribution < -0.4 is 4.74 Å². The van der Waals surface area contributed by atoms with Gasteiger partial charge in [0.1, 0.15) is 0 Å². The number of hydrogen-bond acceptors (Lipinski definition) is 2. The topological polar surface area (TPSA) is 22.1 Å². The second-order valence-corrected chi connectivity index (χ2v) is 2.30. The van der Waals surface area contributed by atoms with Crippen molar-refractivity contribution in [3.63, 3.8) is 0 Å². The van der Waals surface area contributed by atoms with Crippen molar-refractivity contribution in [2.75, 3.05) is 0 Å². The second-order valence-electron chi connectivity index (χ2n) is 1.86. The van der Waals surface area contributed by atoms with E-state index < -0.39 is 12.2 Å². The molecule has 0 aliphatic carbocycles. The van der Waals surface area contributed by atoms with E-state index in [1.165, 1.54) is 6.07 Å². The molecular weight excluding hydrogens is 195 g/mol. The molecule has 0 aromatic carbocycles. The van der Waals surface area contributed by atoms with Crippen LogP contribution >= 0.6 is 11.6 Å². The summed E-state index contributed by atoms with van der Waals surface area (Å²) in [6.45, 7) is 0. The third kappa shape index (κ3) is 2.96. The Morgan fingerprint density at radius 1 is 1.42 bits per heavy atom. The number of rotatable bonds is 1. The zero-order valence-electron chi connectivity index (χ0n) is 5.60. The molecule has 2 nitrogen and oxygen atoms in total. The minimum Gasteiger partial charge on any atom is -0.388 e. The van der Waals surface area contributed by atoms with Crippen LogP contribution in [0, 0.1) is 0 Å². The molecule has 0 N–H and O–H groups in total. The summed E-state index contributed by atoms with van der Waals surface area (Å²) in [6, 6.07) is 2.33. The molecule has 66 valence electrons. The van der Waals surface area contributed by atoms with E-state index in [0.717, 1.165) is 12.3 Å². The Morgan fingerprint density at radius 3 is 2.58 bits per heavy atom. The molecule has 1 aromatic rings. The fraction of sp³-hybridized carbons (Fsp3) is 0.167. The number of ether oxygens (including phenoxy) is 1. The highest BCUT2D eigenvalue weighted by Crippen LogP contribution is 2.22. The average Bonchev–Trinajstić information content (AvgIpc) is 1.82. The summed E-state index contributed by atoms with van der Waals surface area (Å²) in [4.78, 5) is 3.30. The highest BCUT2D eigenvalue weighted by atomic mass is 35.5. The molecule has 0 radical (unpaired) electrons. The van der Waals surface area contributed by atoms with Crippen molar-refractivity contribution in [3.05, 3.63) is 23.4 Å². The molecule has 0 spiro atoms. The van der Waals surface area contributed by atoms with E-state index in [-0.39, 0.29) is 5.02 Å². The Morgan fingerprint density at radius 2 is 2.08 bits per heavy atom. The number of hydrogen-bond donors (Lipinski definition) is 0. The Bertz CT molecular complexity index is 276. The van der Waals surface area contributed by atoms with Gasteiger partial charge < -0.3 is 4.74 Å². The van der Waals surface area contributed by atoms with Gasteiger partial charge in [0.2, 0.25) is 5.88 Å². The number of aromatic nitrogens is 1. The van der Waals surface area contributed by atoms with Crippen molar-refractivity contribution in [2.45, 2.75) is 6.36 Å². The number of halogens is 4. The van der Waals surface area contributed by atoms with E-state index in [2.05, 4.69) is 9.72 Å². The minimum absolute atomic E-state index is 0.143. The molecule has 0 amide bonds. The maximum atomic E-state index is 11.6. The van der Waals surface area contributed by atoms with Gasteiger partial charge in [-0.1, -0.05) is 11.6 Å². The molecule has 0 aliphatic heterocycles. The Kier molecular flexibility index (Phi) is 2.42. The van der Waals surface area contributed by atoms with Crippen LogP contribution in [-0.4, -0.2) is 11.3 Å². The summed E-state index contributed by atoms with van der Waals surface area (Å²) in [5, 5.41) is 0.143. The molecule has 0 bridgehead atoms. The van der Waals surface area contributed by atoms with Gasteiger partial charge in [-0.3, -0.25) is 0 Å². The van der Waals surface area contributed by atoms with E-state index in [4.69, 9.17) is 11.6 Å². The third-order valence-electron chi connectivity index (χ3n) is 0.917. The molecule has 1 aromatic heterocycles. The lowest BCUT2D eigenvalue weighted by molar-refractivity contribution is -0.276. The van der Waals surface area contributed by atoms with Crippen molar-refractivity contribution in [3.8, 4) is 5.88 Å². The van der Waals surface area contributed by atoms with E-state index in [9.17, 15) is 13.2 Å². The molecule has 0 unspecified atom stereocenters. The molecule has 12 heavy (non-hydrogen) atoms. The number of nitrogens with zero attached hydrogens (tertiary/aromatic N) is 1. The van der Waals surface area contributed by atoms with Gasteiger partial charge in [-0.05, 0) is 6.07 Å². The lowest BCUT2D eigenvalue weighted by Gasteiger charge is -2.06. The SMILES string of the molecule is FC(F)(F)Oc1cc(Cl)ccn1. The predicted molar refractivity (Wildman–Crippen MR) is 35.9 cm³/mol. The largest absolute Gasteiger partial charge is 0.574 e. The summed E-state index contributed by atoms with van der Waals surface area (Å²) in [5.41, 5.74) is 0. The highest BCUT2D eigenvalue weighted by molar-refractivity contribution is 6.30. The first-order valence-corrected chi connectivity index (χ1v) is 3.22. The summed E-state index contributed by atoms with van der Waals surface area (Å²) in [7, 11) is 0. The Balaban J connectivity index is 2.77. The van der Waals surface area contributed by atoms with Gasteiger partial charge in [0.05, 0.1) is 0 Å². The monoisotopic (exact) mass is 197 g/mol. The first-order valence-electron chi connectivity index (χ1n) is 2.85. The maximum Gasteiger partial charge on any atom is 0.574 e. The molecule has 0 saturated carbocycles. The van der Waals surface area contributed by atoms with Crippen molar-refractivity contribution in [2.24, 2.45) is 0 Å². The Hall–Kier alpha value is -0.970. The van der Waals surface area contributed by atoms with Gasteiger partial charge >= 0.3 is 6.36 Å². The van der Waals surface area contributed by atoms with E-state index in [0.29, 0.717) is 0 Å². The smallest absolute Gasteiger partial charge is 0.388 e. The van der Waals surface area contributed by atoms with Gasteiger partial charge in [0.15, 0.2) is 0 Å². The zero-order chi connectivity index (χ0) is 9.19. The van der Waals surface area contributed by atoms with Crippen LogP contribution in [0.2, 0.25) is 5.02 Å². The van der Waals surface area contributed by atoms with Gasteiger partial charge in [-0.25, -0.2) is 4.98 Å². The van der Waals surface area contributed by atoms with E-state index >= 15 is 0 Å². The fourth-order valence-electron chi connectivity index (χ4n) is 0.560. The summed E-state index contributed by atoms with van der Waals surface area (Å²) in [6.07, 6.45) is -3.60. The van der Waals surface area contributed by atoms with Crippen molar-refractivity contribution < 1.29 is 17.9 Å². The van der Waals surface area contributed by atoms with Gasteiger partial charge in [-0.2, -0.15) is 0 Å². The molecular formula is C6H3ClF3NO. The summed E-state index contributed by atoms with van der Waals surface area (Å²) in [5.74, 6) is -0.560. The van der Waals surface area contributed by atoms with Gasteiger partial charge in [-0.15, -0.1) is 13.2 Å². The first-order chi connectivity index (χ1) is 5.47. The lowest BCUT2D eigenvalue weighted by atomic mass is 10.5. The summed E-state index contributed by atoms with van der Waals surface area (Å²) >= 11 is 5.39. The van der Waals surface area contributed by atoms with Crippen molar-refractivity contribution in [1.82, 2.24) is 4.98 Å². The van der Waals surface area contributed by atoms with Gasteiger partial charge in [0, 0.05) is 17.3 Å². The van der Waals surface area contributed by atoms with Crippen LogP contribution in [0.5, 0.6) is 5.88 Å². The maximum absolute atomic E-state index is 11.6. The average molecular weight is 198 g/mol.